The number of carbonyl (C=O) groups is 2. The first kappa shape index (κ1) is 36.1. The fourth-order valence-corrected chi connectivity index (χ4v) is 6.95. The van der Waals surface area contributed by atoms with Gasteiger partial charge >= 0.3 is 11.9 Å². The van der Waals surface area contributed by atoms with Gasteiger partial charge in [0.2, 0.25) is 0 Å². The van der Waals surface area contributed by atoms with Gasteiger partial charge < -0.3 is 25.8 Å². The number of rotatable bonds is 15. The summed E-state index contributed by atoms with van der Waals surface area (Å²) < 4.78 is 11.8. The average Bonchev–Trinajstić information content (AvgIpc) is 3.33. The summed E-state index contributed by atoms with van der Waals surface area (Å²) >= 11 is 16.2. The van der Waals surface area contributed by atoms with Crippen molar-refractivity contribution in [2.45, 2.75) is 77.2 Å². The number of hydrogen-bond donors (Lipinski definition) is 3. The van der Waals surface area contributed by atoms with Crippen LogP contribution in [0, 0.1) is 5.92 Å². The van der Waals surface area contributed by atoms with E-state index in [-0.39, 0.29) is 31.0 Å². The summed E-state index contributed by atoms with van der Waals surface area (Å²) in [5.41, 5.74) is 10.7. The summed E-state index contributed by atoms with van der Waals surface area (Å²) in [6.07, 6.45) is 9.50. The molecule has 46 heavy (non-hydrogen) atoms. The van der Waals surface area contributed by atoms with Crippen LogP contribution in [0.15, 0.2) is 59.1 Å². The zero-order valence-corrected chi connectivity index (χ0v) is 29.5. The molecule has 0 saturated heterocycles. The predicted octanol–water partition coefficient (Wildman–Crippen LogP) is 9.82. The lowest BCUT2D eigenvalue weighted by Crippen LogP contribution is -2.29. The highest BCUT2D eigenvalue weighted by molar-refractivity contribution is 9.10. The quantitative estimate of drug-likeness (QED) is 0.0619. The van der Waals surface area contributed by atoms with Crippen LogP contribution in [0.4, 0.5) is 17.1 Å². The lowest BCUT2D eigenvalue weighted by molar-refractivity contribution is -0.142. The standard InChI is InChI=1S/C36H44BrCl2N3O4/c1-2-41-34(24-13-6-3-4-7-14-24)27-21-26(22-28(37)33(27)40)36(44)46-20-11-5-10-19-45-32(43)23-25-15-8-9-18-31(25)42-35-29(38)16-12-17-30(35)39/h8-9,12,15-18,21-22,24,34,41-42H,2-7,10-11,13-14,19-20,23,40H2,1H3. The monoisotopic (exact) mass is 731 g/mol. The smallest absolute Gasteiger partial charge is 0.338 e. The molecule has 4 rings (SSSR count). The van der Waals surface area contributed by atoms with Crippen LogP contribution >= 0.6 is 39.1 Å². The molecule has 0 aromatic heterocycles. The number of unbranched alkanes of at least 4 members (excludes halogenated alkanes) is 2. The van der Waals surface area contributed by atoms with Crippen molar-refractivity contribution in [3.63, 3.8) is 0 Å². The summed E-state index contributed by atoms with van der Waals surface area (Å²) in [5, 5.41) is 7.86. The van der Waals surface area contributed by atoms with Gasteiger partial charge in [0.25, 0.3) is 0 Å². The van der Waals surface area contributed by atoms with Crippen LogP contribution < -0.4 is 16.4 Å². The van der Waals surface area contributed by atoms with E-state index in [0.717, 1.165) is 42.6 Å². The molecule has 3 aromatic rings. The predicted molar refractivity (Wildman–Crippen MR) is 191 cm³/mol. The van der Waals surface area contributed by atoms with Crippen LogP contribution in [0.1, 0.15) is 92.2 Å². The van der Waals surface area contributed by atoms with Crippen LogP contribution in [-0.2, 0) is 20.7 Å². The van der Waals surface area contributed by atoms with Gasteiger partial charge in [-0.25, -0.2) is 4.79 Å². The minimum atomic E-state index is -0.366. The second-order valence-corrected chi connectivity index (χ2v) is 13.4. The summed E-state index contributed by atoms with van der Waals surface area (Å²) in [6, 6.07) is 16.5. The Balaban J connectivity index is 1.21. The third-order valence-electron chi connectivity index (χ3n) is 8.39. The van der Waals surface area contributed by atoms with Crippen molar-refractivity contribution in [2.75, 3.05) is 30.8 Å². The molecule has 10 heteroatoms. The van der Waals surface area contributed by atoms with E-state index < -0.39 is 0 Å². The largest absolute Gasteiger partial charge is 0.465 e. The molecule has 0 radical (unpaired) electrons. The van der Waals surface area contributed by atoms with Crippen LogP contribution in [0.3, 0.4) is 0 Å². The molecular formula is C36H44BrCl2N3O4. The summed E-state index contributed by atoms with van der Waals surface area (Å²) in [5.74, 6) is -0.207. The maximum Gasteiger partial charge on any atom is 0.338 e. The summed E-state index contributed by atoms with van der Waals surface area (Å²) in [4.78, 5) is 25.6. The van der Waals surface area contributed by atoms with E-state index in [9.17, 15) is 9.59 Å². The Morgan fingerprint density at radius 2 is 1.61 bits per heavy atom. The molecule has 1 aliphatic carbocycles. The number of anilines is 3. The normalized spacial score (nSPS) is 14.3. The van der Waals surface area contributed by atoms with E-state index in [1.807, 2.05) is 30.3 Å². The lowest BCUT2D eigenvalue weighted by Gasteiger charge is -2.29. The van der Waals surface area contributed by atoms with Gasteiger partial charge in [0.1, 0.15) is 0 Å². The molecule has 0 amide bonds. The van der Waals surface area contributed by atoms with Crippen LogP contribution in [0.2, 0.25) is 10.0 Å². The Labute approximate surface area is 291 Å². The highest BCUT2D eigenvalue weighted by Gasteiger charge is 2.27. The molecule has 0 aliphatic heterocycles. The van der Waals surface area contributed by atoms with Gasteiger partial charge in [-0.1, -0.05) is 80.1 Å². The van der Waals surface area contributed by atoms with Crippen molar-refractivity contribution in [1.82, 2.24) is 5.32 Å². The fourth-order valence-electron chi connectivity index (χ4n) is 5.98. The zero-order valence-electron chi connectivity index (χ0n) is 26.4. The minimum absolute atomic E-state index is 0.0976. The second-order valence-electron chi connectivity index (χ2n) is 11.7. The Hall–Kier alpha value is -2.78. The van der Waals surface area contributed by atoms with Gasteiger partial charge in [-0.05, 0) is 102 Å². The fraction of sp³-hybridized carbons (Fsp3) is 0.444. The van der Waals surface area contributed by atoms with E-state index in [0.29, 0.717) is 56.8 Å². The molecule has 1 unspecified atom stereocenters. The van der Waals surface area contributed by atoms with Gasteiger partial charge in [0, 0.05) is 16.2 Å². The average molecular weight is 734 g/mol. The van der Waals surface area contributed by atoms with Gasteiger partial charge in [-0.3, -0.25) is 4.79 Å². The summed E-state index contributed by atoms with van der Waals surface area (Å²) in [7, 11) is 0. The van der Waals surface area contributed by atoms with Crippen molar-refractivity contribution in [3.8, 4) is 0 Å². The van der Waals surface area contributed by atoms with Crippen LogP contribution in [0.25, 0.3) is 0 Å². The SMILES string of the molecule is CCNC(c1cc(C(=O)OCCCCCOC(=O)Cc2ccccc2Nc2c(Cl)cccc2Cl)cc(Br)c1N)C1CCCCCC1. The molecule has 7 nitrogen and oxygen atoms in total. The van der Waals surface area contributed by atoms with Crippen molar-refractivity contribution in [2.24, 2.45) is 5.92 Å². The molecule has 1 fully saturated rings. The first-order valence-electron chi connectivity index (χ1n) is 16.2. The first-order valence-corrected chi connectivity index (χ1v) is 17.8. The van der Waals surface area contributed by atoms with Crippen LogP contribution in [0.5, 0.6) is 0 Å². The van der Waals surface area contributed by atoms with Gasteiger partial charge in [0.05, 0.1) is 46.6 Å². The van der Waals surface area contributed by atoms with E-state index in [4.69, 9.17) is 38.4 Å². The molecule has 248 valence electrons. The number of nitrogens with two attached hydrogens (primary N) is 1. The number of ether oxygens (including phenoxy) is 2. The highest BCUT2D eigenvalue weighted by atomic mass is 79.9. The molecule has 1 saturated carbocycles. The molecule has 1 aliphatic rings. The van der Waals surface area contributed by atoms with Gasteiger partial charge in [-0.15, -0.1) is 0 Å². The maximum absolute atomic E-state index is 13.0. The molecular weight excluding hydrogens is 689 g/mol. The van der Waals surface area contributed by atoms with Gasteiger partial charge in [-0.2, -0.15) is 0 Å². The third-order valence-corrected chi connectivity index (χ3v) is 9.67. The number of carbonyl (C=O) groups excluding carboxylic acids is 2. The summed E-state index contributed by atoms with van der Waals surface area (Å²) in [6.45, 7) is 3.50. The molecule has 0 heterocycles. The number of nitrogen functional groups attached to an aromatic ring is 1. The number of esters is 2. The number of hydrogen-bond acceptors (Lipinski definition) is 7. The van der Waals surface area contributed by atoms with Crippen molar-refractivity contribution >= 4 is 68.1 Å². The lowest BCUT2D eigenvalue weighted by atomic mass is 9.85. The molecule has 1 atom stereocenters. The zero-order chi connectivity index (χ0) is 32.9. The van der Waals surface area contributed by atoms with E-state index >= 15 is 0 Å². The molecule has 3 aromatic carbocycles. The van der Waals surface area contributed by atoms with Crippen molar-refractivity contribution < 1.29 is 19.1 Å². The van der Waals surface area contributed by atoms with Crippen molar-refractivity contribution in [3.05, 3.63) is 85.8 Å². The van der Waals surface area contributed by atoms with Crippen molar-refractivity contribution in [1.29, 1.82) is 0 Å². The highest BCUT2D eigenvalue weighted by Crippen LogP contribution is 2.39. The topological polar surface area (TPSA) is 103 Å². The van der Waals surface area contributed by atoms with E-state index in [1.54, 1.807) is 24.3 Å². The number of para-hydroxylation sites is 2. The number of halogens is 3. The Morgan fingerprint density at radius 3 is 2.30 bits per heavy atom. The maximum atomic E-state index is 13.0. The van der Waals surface area contributed by atoms with Crippen LogP contribution in [-0.4, -0.2) is 31.7 Å². The third kappa shape index (κ3) is 10.4. The van der Waals surface area contributed by atoms with E-state index in [2.05, 4.69) is 33.5 Å². The molecule has 4 N–H and O–H groups in total. The number of benzene rings is 3. The minimum Gasteiger partial charge on any atom is -0.465 e. The Bertz CT molecular complexity index is 1440. The van der Waals surface area contributed by atoms with Gasteiger partial charge in [0.15, 0.2) is 0 Å². The first-order chi connectivity index (χ1) is 22.3. The van der Waals surface area contributed by atoms with E-state index in [1.165, 1.54) is 25.7 Å². The number of nitrogens with one attached hydrogen (secondary N) is 2. The Kier molecular flexibility index (Phi) is 14.5. The Morgan fingerprint density at radius 1 is 0.935 bits per heavy atom. The molecule has 0 spiro atoms. The molecule has 0 bridgehead atoms. The second kappa shape index (κ2) is 18.5.